The number of amides is 1. The van der Waals surface area contributed by atoms with Crippen molar-refractivity contribution < 1.29 is 9.00 Å². The van der Waals surface area contributed by atoms with Crippen molar-refractivity contribution in [1.29, 1.82) is 0 Å². The van der Waals surface area contributed by atoms with Crippen molar-refractivity contribution >= 4 is 22.4 Å². The van der Waals surface area contributed by atoms with E-state index in [0.717, 1.165) is 16.2 Å². The van der Waals surface area contributed by atoms with Crippen LogP contribution in [0.4, 0.5) is 0 Å². The van der Waals surface area contributed by atoms with Crippen molar-refractivity contribution in [3.05, 3.63) is 35.9 Å². The standard InChI is InChI=1S/C19H30N4O2S/c1-14(2)11-23-18(24)19(12-20-3,13-21-4)10-17(22-23)15-6-8-16(9-7-15)26(5)25/h6-10,14,20-22H,11-13H2,1-5H3. The second-order valence-corrected chi connectivity index (χ2v) is 8.55. The molecule has 1 aliphatic rings. The molecule has 0 aromatic heterocycles. The molecule has 2 rings (SSSR count). The summed E-state index contributed by atoms with van der Waals surface area (Å²) < 4.78 is 11.6. The van der Waals surface area contributed by atoms with Gasteiger partial charge in [-0.15, -0.1) is 0 Å². The third-order valence-electron chi connectivity index (χ3n) is 4.38. The minimum absolute atomic E-state index is 0.0601. The highest BCUT2D eigenvalue weighted by atomic mass is 32.2. The Balaban J connectivity index is 2.47. The molecule has 26 heavy (non-hydrogen) atoms. The van der Waals surface area contributed by atoms with Crippen molar-refractivity contribution in [2.24, 2.45) is 11.3 Å². The van der Waals surface area contributed by atoms with Crippen LogP contribution in [0.15, 0.2) is 35.2 Å². The number of nitrogens with zero attached hydrogens (tertiary/aromatic N) is 1. The van der Waals surface area contributed by atoms with Gasteiger partial charge in [0, 0.05) is 41.6 Å². The summed E-state index contributed by atoms with van der Waals surface area (Å²) in [6.45, 7) is 5.90. The molecule has 6 nitrogen and oxygen atoms in total. The van der Waals surface area contributed by atoms with Gasteiger partial charge >= 0.3 is 0 Å². The lowest BCUT2D eigenvalue weighted by Crippen LogP contribution is -2.59. The van der Waals surface area contributed by atoms with E-state index in [1.165, 1.54) is 0 Å². The van der Waals surface area contributed by atoms with Gasteiger partial charge in [-0.2, -0.15) is 0 Å². The Hall–Kier alpha value is -1.70. The van der Waals surface area contributed by atoms with Crippen LogP contribution in [0.25, 0.3) is 5.70 Å². The van der Waals surface area contributed by atoms with Gasteiger partial charge in [-0.25, -0.2) is 0 Å². The van der Waals surface area contributed by atoms with Gasteiger partial charge < -0.3 is 10.6 Å². The maximum absolute atomic E-state index is 13.2. The highest BCUT2D eigenvalue weighted by Gasteiger charge is 2.42. The molecule has 0 saturated heterocycles. The minimum Gasteiger partial charge on any atom is -0.318 e. The first-order valence-electron chi connectivity index (χ1n) is 8.87. The average Bonchev–Trinajstić information content (AvgIpc) is 2.59. The van der Waals surface area contributed by atoms with Gasteiger partial charge in [0.2, 0.25) is 0 Å². The summed E-state index contributed by atoms with van der Waals surface area (Å²) >= 11 is 0. The van der Waals surface area contributed by atoms with Gasteiger partial charge in [-0.05, 0) is 43.8 Å². The van der Waals surface area contributed by atoms with Crippen molar-refractivity contribution in [2.75, 3.05) is 40.0 Å². The molecule has 0 bridgehead atoms. The highest BCUT2D eigenvalue weighted by molar-refractivity contribution is 7.84. The molecule has 3 N–H and O–H groups in total. The van der Waals surface area contributed by atoms with E-state index >= 15 is 0 Å². The molecule has 0 spiro atoms. The van der Waals surface area contributed by atoms with Crippen LogP contribution in [-0.4, -0.2) is 55.1 Å². The van der Waals surface area contributed by atoms with E-state index in [9.17, 15) is 9.00 Å². The summed E-state index contributed by atoms with van der Waals surface area (Å²) in [6, 6.07) is 7.63. The zero-order chi connectivity index (χ0) is 19.3. The fourth-order valence-corrected chi connectivity index (χ4v) is 3.77. The first kappa shape index (κ1) is 20.6. The van der Waals surface area contributed by atoms with E-state index in [4.69, 9.17) is 0 Å². The Labute approximate surface area is 158 Å². The first-order valence-corrected chi connectivity index (χ1v) is 10.4. The fraction of sp³-hybridized carbons (Fsp3) is 0.526. The fourth-order valence-electron chi connectivity index (χ4n) is 3.25. The number of rotatable bonds is 8. The molecule has 0 fully saturated rings. The van der Waals surface area contributed by atoms with Crippen molar-refractivity contribution in [2.45, 2.75) is 18.7 Å². The molecule has 1 atom stereocenters. The monoisotopic (exact) mass is 378 g/mol. The minimum atomic E-state index is -1.01. The third-order valence-corrected chi connectivity index (χ3v) is 5.31. The van der Waals surface area contributed by atoms with Crippen LogP contribution in [0.3, 0.4) is 0 Å². The Morgan fingerprint density at radius 3 is 2.19 bits per heavy atom. The van der Waals surface area contributed by atoms with Crippen LogP contribution < -0.4 is 16.1 Å². The van der Waals surface area contributed by atoms with Crippen molar-refractivity contribution in [3.8, 4) is 0 Å². The Bertz CT molecular complexity index is 679. The van der Waals surface area contributed by atoms with Gasteiger partial charge in [-0.1, -0.05) is 26.0 Å². The van der Waals surface area contributed by atoms with Gasteiger partial charge in [0.05, 0.1) is 11.1 Å². The normalized spacial score (nSPS) is 17.8. The van der Waals surface area contributed by atoms with Crippen LogP contribution >= 0.6 is 0 Å². The summed E-state index contributed by atoms with van der Waals surface area (Å²) in [5.74, 6) is 0.405. The Morgan fingerprint density at radius 2 is 1.73 bits per heavy atom. The van der Waals surface area contributed by atoms with Gasteiger partial charge in [0.1, 0.15) is 0 Å². The molecule has 7 heteroatoms. The molecule has 1 amide bonds. The lowest BCUT2D eigenvalue weighted by Gasteiger charge is -2.41. The van der Waals surface area contributed by atoms with Crippen molar-refractivity contribution in [1.82, 2.24) is 21.1 Å². The van der Waals surface area contributed by atoms with E-state index in [2.05, 4.69) is 29.9 Å². The Kier molecular flexibility index (Phi) is 6.97. The molecular formula is C19H30N4O2S. The molecule has 144 valence electrons. The lowest BCUT2D eigenvalue weighted by atomic mass is 9.82. The second kappa shape index (κ2) is 8.79. The number of hydrogen-bond donors (Lipinski definition) is 3. The van der Waals surface area contributed by atoms with Gasteiger partial charge in [0.25, 0.3) is 5.91 Å². The largest absolute Gasteiger partial charge is 0.318 e. The molecule has 1 aromatic carbocycles. The number of carbonyl (C=O) groups is 1. The molecule has 0 radical (unpaired) electrons. The summed E-state index contributed by atoms with van der Waals surface area (Å²) in [5, 5.41) is 8.05. The molecule has 1 aliphatic heterocycles. The van der Waals surface area contributed by atoms with E-state index < -0.39 is 16.2 Å². The van der Waals surface area contributed by atoms with Gasteiger partial charge in [-0.3, -0.25) is 19.4 Å². The average molecular weight is 379 g/mol. The molecule has 0 saturated carbocycles. The summed E-state index contributed by atoms with van der Waals surface area (Å²) in [6.07, 6.45) is 3.68. The first-order chi connectivity index (χ1) is 12.3. The van der Waals surface area contributed by atoms with Crippen LogP contribution in [0.2, 0.25) is 0 Å². The smallest absolute Gasteiger partial charge is 0.253 e. The van der Waals surface area contributed by atoms with E-state index in [1.54, 1.807) is 11.3 Å². The van der Waals surface area contributed by atoms with Gasteiger partial charge in [0.15, 0.2) is 0 Å². The van der Waals surface area contributed by atoms with E-state index in [0.29, 0.717) is 25.6 Å². The molecule has 1 aromatic rings. The third kappa shape index (κ3) is 4.52. The second-order valence-electron chi connectivity index (χ2n) is 7.17. The van der Waals surface area contributed by atoms with Crippen LogP contribution in [0.1, 0.15) is 19.4 Å². The van der Waals surface area contributed by atoms with Crippen LogP contribution in [0.5, 0.6) is 0 Å². The summed E-state index contributed by atoms with van der Waals surface area (Å²) in [7, 11) is 2.71. The number of carbonyl (C=O) groups excluding carboxylic acids is 1. The maximum Gasteiger partial charge on any atom is 0.253 e. The molecule has 1 heterocycles. The number of benzene rings is 1. The number of hydrazine groups is 1. The van der Waals surface area contributed by atoms with E-state index in [-0.39, 0.29) is 5.91 Å². The number of nitrogens with one attached hydrogen (secondary N) is 3. The van der Waals surface area contributed by atoms with E-state index in [1.807, 2.05) is 44.4 Å². The van der Waals surface area contributed by atoms with Crippen molar-refractivity contribution in [3.63, 3.8) is 0 Å². The van der Waals surface area contributed by atoms with Crippen LogP contribution in [0, 0.1) is 11.3 Å². The van der Waals surface area contributed by atoms with Crippen LogP contribution in [-0.2, 0) is 15.6 Å². The predicted molar refractivity (Wildman–Crippen MR) is 107 cm³/mol. The predicted octanol–water partition coefficient (Wildman–Crippen LogP) is 1.19. The molecular weight excluding hydrogens is 348 g/mol. The lowest BCUT2D eigenvalue weighted by molar-refractivity contribution is -0.143. The summed E-state index contributed by atoms with van der Waals surface area (Å²) in [5.41, 5.74) is 4.49. The Morgan fingerprint density at radius 1 is 1.15 bits per heavy atom. The quantitative estimate of drug-likeness (QED) is 0.634. The zero-order valence-electron chi connectivity index (χ0n) is 16.3. The zero-order valence-corrected chi connectivity index (χ0v) is 17.1. The highest BCUT2D eigenvalue weighted by Crippen LogP contribution is 2.30. The topological polar surface area (TPSA) is 73.5 Å². The maximum atomic E-state index is 13.2. The molecule has 0 aliphatic carbocycles. The number of hydrogen-bond acceptors (Lipinski definition) is 5. The summed E-state index contributed by atoms with van der Waals surface area (Å²) in [4.78, 5) is 14.0. The molecule has 1 unspecified atom stereocenters. The SMILES string of the molecule is CNCC1(CNC)C=C(c2ccc(S(C)=O)cc2)NN(CC(C)C)C1=O.